The lowest BCUT2D eigenvalue weighted by atomic mass is 10.2. The molecule has 0 amide bonds. The van der Waals surface area contributed by atoms with Gasteiger partial charge in [-0.2, -0.15) is 0 Å². The van der Waals surface area contributed by atoms with Gasteiger partial charge in [-0.25, -0.2) is 0 Å². The molecule has 0 spiro atoms. The minimum absolute atomic E-state index is 0.209. The molecule has 0 radical (unpaired) electrons. The predicted octanol–water partition coefficient (Wildman–Crippen LogP) is 5.21. The molecule has 0 aliphatic heterocycles. The average Bonchev–Trinajstić information content (AvgIpc) is 2.20. The molecule has 0 aliphatic carbocycles. The SMILES string of the molecule is CO[Si](C)(Cc1ccc(Cl)cc1Br)C(C)(C)C. The highest BCUT2D eigenvalue weighted by atomic mass is 79.9. The number of hydrogen-bond donors (Lipinski definition) is 0. The van der Waals surface area contributed by atoms with Crippen LogP contribution in [0.4, 0.5) is 0 Å². The van der Waals surface area contributed by atoms with Crippen LogP contribution in [0.3, 0.4) is 0 Å². The van der Waals surface area contributed by atoms with Crippen molar-refractivity contribution in [2.45, 2.75) is 38.4 Å². The van der Waals surface area contributed by atoms with E-state index >= 15 is 0 Å². The second kappa shape index (κ2) is 5.43. The quantitative estimate of drug-likeness (QED) is 0.689. The van der Waals surface area contributed by atoms with Gasteiger partial charge in [0.15, 0.2) is 8.32 Å². The van der Waals surface area contributed by atoms with E-state index in [2.05, 4.69) is 49.3 Å². The monoisotopic (exact) mass is 334 g/mol. The summed E-state index contributed by atoms with van der Waals surface area (Å²) in [6.45, 7) is 9.06. The summed E-state index contributed by atoms with van der Waals surface area (Å²) in [4.78, 5) is 0. The highest BCUT2D eigenvalue weighted by Gasteiger charge is 2.41. The van der Waals surface area contributed by atoms with E-state index in [0.29, 0.717) is 0 Å². The molecule has 4 heteroatoms. The van der Waals surface area contributed by atoms with Crippen molar-refractivity contribution in [3.63, 3.8) is 0 Å². The predicted molar refractivity (Wildman–Crippen MR) is 81.2 cm³/mol. The molecule has 1 aromatic rings. The van der Waals surface area contributed by atoms with Crippen LogP contribution < -0.4 is 0 Å². The van der Waals surface area contributed by atoms with Gasteiger partial charge in [-0.15, -0.1) is 0 Å². The lowest BCUT2D eigenvalue weighted by molar-refractivity contribution is 0.365. The van der Waals surface area contributed by atoms with Crippen LogP contribution in [0.1, 0.15) is 26.3 Å². The topological polar surface area (TPSA) is 9.23 Å². The van der Waals surface area contributed by atoms with Gasteiger partial charge in [-0.1, -0.05) is 54.4 Å². The zero-order chi connectivity index (χ0) is 13.3. The van der Waals surface area contributed by atoms with Gasteiger partial charge in [0.05, 0.1) is 0 Å². The van der Waals surface area contributed by atoms with Crippen LogP contribution in [0.2, 0.25) is 16.6 Å². The van der Waals surface area contributed by atoms with Crippen molar-refractivity contribution in [3.8, 4) is 0 Å². The Hall–Kier alpha value is 0.167. The number of halogens is 2. The smallest absolute Gasteiger partial charge is 0.198 e. The summed E-state index contributed by atoms with van der Waals surface area (Å²) in [5.74, 6) is 0. The van der Waals surface area contributed by atoms with Gasteiger partial charge >= 0.3 is 0 Å². The van der Waals surface area contributed by atoms with Crippen molar-refractivity contribution >= 4 is 35.8 Å². The Morgan fingerprint density at radius 2 is 1.94 bits per heavy atom. The molecule has 0 bridgehead atoms. The molecule has 1 nitrogen and oxygen atoms in total. The molecule has 0 N–H and O–H groups in total. The molecule has 96 valence electrons. The number of benzene rings is 1. The van der Waals surface area contributed by atoms with Crippen LogP contribution >= 0.6 is 27.5 Å². The van der Waals surface area contributed by atoms with E-state index in [9.17, 15) is 0 Å². The Morgan fingerprint density at radius 3 is 2.35 bits per heavy atom. The maximum Gasteiger partial charge on any atom is 0.198 e. The van der Waals surface area contributed by atoms with Gasteiger partial charge < -0.3 is 4.43 Å². The molecule has 0 saturated heterocycles. The molecule has 1 aromatic carbocycles. The molecule has 0 aliphatic rings. The minimum Gasteiger partial charge on any atom is -0.419 e. The Morgan fingerprint density at radius 1 is 1.35 bits per heavy atom. The van der Waals surface area contributed by atoms with E-state index in [1.807, 2.05) is 19.2 Å². The van der Waals surface area contributed by atoms with Crippen molar-refractivity contribution in [2.24, 2.45) is 0 Å². The average molecular weight is 336 g/mol. The van der Waals surface area contributed by atoms with Crippen LogP contribution in [0, 0.1) is 0 Å². The minimum atomic E-state index is -1.79. The summed E-state index contributed by atoms with van der Waals surface area (Å²) in [5, 5.41) is 0.970. The van der Waals surface area contributed by atoms with Crippen LogP contribution in [0.5, 0.6) is 0 Å². The fourth-order valence-corrected chi connectivity index (χ4v) is 5.08. The Kier molecular flexibility index (Phi) is 4.86. The van der Waals surface area contributed by atoms with Gasteiger partial charge in [0.25, 0.3) is 0 Å². The first-order valence-electron chi connectivity index (χ1n) is 5.69. The lowest BCUT2D eigenvalue weighted by Crippen LogP contribution is -2.45. The van der Waals surface area contributed by atoms with Crippen molar-refractivity contribution in [1.82, 2.24) is 0 Å². The second-order valence-electron chi connectivity index (χ2n) is 5.60. The molecule has 1 unspecified atom stereocenters. The third-order valence-corrected chi connectivity index (χ3v) is 9.68. The van der Waals surface area contributed by atoms with E-state index in [-0.39, 0.29) is 5.04 Å². The van der Waals surface area contributed by atoms with Gasteiger partial charge in [-0.3, -0.25) is 0 Å². The molecule has 1 rings (SSSR count). The van der Waals surface area contributed by atoms with Gasteiger partial charge in [0.2, 0.25) is 0 Å². The summed E-state index contributed by atoms with van der Waals surface area (Å²) in [6.07, 6.45) is 0. The van der Waals surface area contributed by atoms with E-state index in [0.717, 1.165) is 15.5 Å². The van der Waals surface area contributed by atoms with Gasteiger partial charge in [-0.05, 0) is 35.3 Å². The maximum atomic E-state index is 5.96. The van der Waals surface area contributed by atoms with Gasteiger partial charge in [0.1, 0.15) is 0 Å². The zero-order valence-corrected chi connectivity index (χ0v) is 14.4. The van der Waals surface area contributed by atoms with Crippen LogP contribution in [-0.4, -0.2) is 15.4 Å². The summed E-state index contributed by atoms with van der Waals surface area (Å²) < 4.78 is 6.95. The van der Waals surface area contributed by atoms with Crippen LogP contribution in [-0.2, 0) is 10.5 Å². The number of rotatable bonds is 3. The van der Waals surface area contributed by atoms with E-state index in [4.69, 9.17) is 16.0 Å². The fourth-order valence-electron chi connectivity index (χ4n) is 1.67. The third-order valence-electron chi connectivity index (χ3n) is 3.58. The van der Waals surface area contributed by atoms with Crippen molar-refractivity contribution in [1.29, 1.82) is 0 Å². The largest absolute Gasteiger partial charge is 0.419 e. The van der Waals surface area contributed by atoms with E-state index < -0.39 is 8.32 Å². The van der Waals surface area contributed by atoms with E-state index in [1.165, 1.54) is 5.56 Å². The van der Waals surface area contributed by atoms with Crippen LogP contribution in [0.25, 0.3) is 0 Å². The third kappa shape index (κ3) is 3.57. The van der Waals surface area contributed by atoms with Crippen molar-refractivity contribution in [3.05, 3.63) is 33.3 Å². The Bertz CT molecular complexity index is 403. The molecule has 0 aromatic heterocycles. The Balaban J connectivity index is 3.03. The van der Waals surface area contributed by atoms with Crippen molar-refractivity contribution < 1.29 is 4.43 Å². The van der Waals surface area contributed by atoms with Gasteiger partial charge in [0, 0.05) is 16.6 Å². The summed E-state index contributed by atoms with van der Waals surface area (Å²) in [7, 11) is 0.0470. The zero-order valence-electron chi connectivity index (χ0n) is 11.1. The fraction of sp³-hybridized carbons (Fsp3) is 0.538. The second-order valence-corrected chi connectivity index (χ2v) is 11.6. The first-order chi connectivity index (χ1) is 7.69. The molecule has 0 heterocycles. The number of hydrogen-bond acceptors (Lipinski definition) is 1. The maximum absolute atomic E-state index is 5.96. The highest BCUT2D eigenvalue weighted by molar-refractivity contribution is 9.10. The summed E-state index contributed by atoms with van der Waals surface area (Å²) in [5.41, 5.74) is 1.28. The molecule has 0 saturated carbocycles. The molecule has 17 heavy (non-hydrogen) atoms. The standard InChI is InChI=1S/C13H20BrClOSi/c1-13(2,3)17(5,16-4)9-10-6-7-11(15)8-12(10)14/h6-8H,9H2,1-5H3. The lowest BCUT2D eigenvalue weighted by Gasteiger charge is -2.38. The molecule has 0 fully saturated rings. The Labute approximate surface area is 119 Å². The molecule has 1 atom stereocenters. The van der Waals surface area contributed by atoms with E-state index in [1.54, 1.807) is 0 Å². The van der Waals surface area contributed by atoms with Crippen molar-refractivity contribution in [2.75, 3.05) is 7.11 Å². The summed E-state index contributed by atoms with van der Waals surface area (Å²) >= 11 is 9.54. The summed E-state index contributed by atoms with van der Waals surface area (Å²) in [6, 6.07) is 6.96. The van der Waals surface area contributed by atoms with Crippen LogP contribution in [0.15, 0.2) is 22.7 Å². The molecular weight excluding hydrogens is 316 g/mol. The first-order valence-corrected chi connectivity index (χ1v) is 9.47. The first kappa shape index (κ1) is 15.2. The molecular formula is C13H20BrClOSi. The normalized spacial score (nSPS) is 15.7. The highest BCUT2D eigenvalue weighted by Crippen LogP contribution is 2.39.